The van der Waals surface area contributed by atoms with Crippen molar-refractivity contribution in [2.24, 2.45) is 5.73 Å². The van der Waals surface area contributed by atoms with E-state index in [9.17, 15) is 0 Å². The zero-order valence-electron chi connectivity index (χ0n) is 10.6. The van der Waals surface area contributed by atoms with Crippen LogP contribution in [0.4, 0.5) is 0 Å². The van der Waals surface area contributed by atoms with Gasteiger partial charge in [-0.05, 0) is 29.8 Å². The maximum Gasteiger partial charge on any atom is 0.161 e. The molecule has 3 rings (SSSR count). The van der Waals surface area contributed by atoms with Gasteiger partial charge in [0.05, 0.1) is 16.1 Å². The number of hydrogen-bond acceptors (Lipinski definition) is 3. The Morgan fingerprint density at radius 2 is 1.80 bits per heavy atom. The Kier molecular flexibility index (Phi) is 3.74. The highest BCUT2D eigenvalue weighted by atomic mass is 35.5. The van der Waals surface area contributed by atoms with Gasteiger partial charge in [0.15, 0.2) is 17.6 Å². The summed E-state index contributed by atoms with van der Waals surface area (Å²) in [5.41, 5.74) is 7.11. The summed E-state index contributed by atoms with van der Waals surface area (Å²) in [6, 6.07) is 12.5. The minimum atomic E-state index is -0.335. The maximum atomic E-state index is 6.24. The highest BCUT2D eigenvalue weighted by Gasteiger charge is 2.27. The van der Waals surface area contributed by atoms with Crippen LogP contribution >= 0.6 is 23.2 Å². The molecule has 2 unspecified atom stereocenters. The Morgan fingerprint density at radius 1 is 1.05 bits per heavy atom. The Hall–Kier alpha value is -1.42. The molecule has 0 aromatic heterocycles. The van der Waals surface area contributed by atoms with Crippen molar-refractivity contribution in [3.05, 3.63) is 58.1 Å². The zero-order chi connectivity index (χ0) is 14.1. The average molecular weight is 310 g/mol. The first-order valence-electron chi connectivity index (χ1n) is 6.24. The summed E-state index contributed by atoms with van der Waals surface area (Å²) >= 11 is 11.9. The van der Waals surface area contributed by atoms with E-state index in [4.69, 9.17) is 38.4 Å². The van der Waals surface area contributed by atoms with Gasteiger partial charge in [-0.25, -0.2) is 0 Å². The van der Waals surface area contributed by atoms with Crippen LogP contribution in [0.5, 0.6) is 11.5 Å². The van der Waals surface area contributed by atoms with E-state index in [1.54, 1.807) is 12.1 Å². The van der Waals surface area contributed by atoms with Gasteiger partial charge in [0.25, 0.3) is 0 Å². The summed E-state index contributed by atoms with van der Waals surface area (Å²) in [7, 11) is 0. The van der Waals surface area contributed by atoms with Crippen molar-refractivity contribution in [3.8, 4) is 11.5 Å². The molecule has 2 aromatic carbocycles. The lowest BCUT2D eigenvalue weighted by Gasteiger charge is -2.30. The average Bonchev–Trinajstić information content (AvgIpc) is 2.49. The van der Waals surface area contributed by atoms with Gasteiger partial charge in [-0.2, -0.15) is 0 Å². The summed E-state index contributed by atoms with van der Waals surface area (Å²) in [4.78, 5) is 0. The third-order valence-electron chi connectivity index (χ3n) is 3.26. The molecule has 0 radical (unpaired) electrons. The second-order valence-corrected chi connectivity index (χ2v) is 5.43. The van der Waals surface area contributed by atoms with Crippen molar-refractivity contribution in [2.75, 3.05) is 6.61 Å². The summed E-state index contributed by atoms with van der Waals surface area (Å²) in [5.74, 6) is 1.45. The molecule has 104 valence electrons. The van der Waals surface area contributed by atoms with Gasteiger partial charge in [-0.1, -0.05) is 41.4 Å². The minimum absolute atomic E-state index is 0.262. The summed E-state index contributed by atoms with van der Waals surface area (Å²) in [6.45, 7) is 0.401. The molecule has 2 aromatic rings. The molecule has 1 aliphatic heterocycles. The van der Waals surface area contributed by atoms with Gasteiger partial charge >= 0.3 is 0 Å². The molecule has 0 fully saturated rings. The van der Waals surface area contributed by atoms with Crippen LogP contribution in [0.25, 0.3) is 0 Å². The fourth-order valence-electron chi connectivity index (χ4n) is 2.15. The number of hydrogen-bond donors (Lipinski definition) is 1. The van der Waals surface area contributed by atoms with Crippen LogP contribution in [-0.4, -0.2) is 12.7 Å². The van der Waals surface area contributed by atoms with Crippen LogP contribution in [0.15, 0.2) is 42.5 Å². The van der Waals surface area contributed by atoms with Crippen LogP contribution in [0.2, 0.25) is 10.0 Å². The van der Waals surface area contributed by atoms with Crippen LogP contribution in [-0.2, 0) is 0 Å². The summed E-state index contributed by atoms with van der Waals surface area (Å²) in [6.07, 6.45) is -0.262. The van der Waals surface area contributed by atoms with Crippen molar-refractivity contribution in [3.63, 3.8) is 0 Å². The lowest BCUT2D eigenvalue weighted by Crippen LogP contribution is -2.38. The van der Waals surface area contributed by atoms with E-state index in [0.717, 1.165) is 11.3 Å². The first-order chi connectivity index (χ1) is 9.65. The fourth-order valence-corrected chi connectivity index (χ4v) is 2.45. The topological polar surface area (TPSA) is 44.5 Å². The third kappa shape index (κ3) is 2.57. The van der Waals surface area contributed by atoms with E-state index in [2.05, 4.69) is 0 Å². The number of halogens is 2. The molecule has 0 aliphatic carbocycles. The zero-order valence-corrected chi connectivity index (χ0v) is 12.1. The Bertz CT molecular complexity index is 633. The molecular formula is C15H13Cl2NO2. The van der Waals surface area contributed by atoms with E-state index in [0.29, 0.717) is 22.4 Å². The Labute approximate surface area is 127 Å². The van der Waals surface area contributed by atoms with E-state index in [1.165, 1.54) is 0 Å². The standard InChI is InChI=1S/C15H13Cl2NO2/c16-10-6-5-9(7-11(10)17)15(18)14-8-19-12-3-1-2-4-13(12)20-14/h1-7,14-15H,8,18H2. The molecule has 5 heteroatoms. The molecule has 1 aliphatic rings. The first-order valence-corrected chi connectivity index (χ1v) is 7.00. The van der Waals surface area contributed by atoms with E-state index in [1.807, 2.05) is 30.3 Å². The van der Waals surface area contributed by atoms with Crippen molar-refractivity contribution in [1.82, 2.24) is 0 Å². The molecule has 0 bridgehead atoms. The number of fused-ring (bicyclic) bond motifs is 1. The van der Waals surface area contributed by atoms with E-state index in [-0.39, 0.29) is 12.1 Å². The van der Waals surface area contributed by atoms with Gasteiger partial charge in [0, 0.05) is 0 Å². The third-order valence-corrected chi connectivity index (χ3v) is 4.00. The van der Waals surface area contributed by atoms with Crippen LogP contribution in [0.1, 0.15) is 11.6 Å². The smallest absolute Gasteiger partial charge is 0.161 e. The Balaban J connectivity index is 1.82. The lowest BCUT2D eigenvalue weighted by atomic mass is 10.0. The van der Waals surface area contributed by atoms with Gasteiger partial charge < -0.3 is 15.2 Å². The van der Waals surface area contributed by atoms with Crippen molar-refractivity contribution < 1.29 is 9.47 Å². The summed E-state index contributed by atoms with van der Waals surface area (Å²) < 4.78 is 11.6. The minimum Gasteiger partial charge on any atom is -0.486 e. The molecule has 3 nitrogen and oxygen atoms in total. The molecule has 2 N–H and O–H groups in total. The number of nitrogens with two attached hydrogens (primary N) is 1. The molecule has 0 amide bonds. The highest BCUT2D eigenvalue weighted by Crippen LogP contribution is 2.34. The fraction of sp³-hybridized carbons (Fsp3) is 0.200. The molecule has 0 saturated carbocycles. The highest BCUT2D eigenvalue weighted by molar-refractivity contribution is 6.42. The first kappa shape index (κ1) is 13.6. The number of ether oxygens (including phenoxy) is 2. The predicted octanol–water partition coefficient (Wildman–Crippen LogP) is 3.83. The van der Waals surface area contributed by atoms with E-state index < -0.39 is 0 Å². The molecule has 0 spiro atoms. The molecule has 0 saturated heterocycles. The van der Waals surface area contributed by atoms with Crippen molar-refractivity contribution in [2.45, 2.75) is 12.1 Å². The number of para-hydroxylation sites is 2. The lowest BCUT2D eigenvalue weighted by molar-refractivity contribution is 0.0721. The van der Waals surface area contributed by atoms with Gasteiger partial charge in [0.2, 0.25) is 0 Å². The van der Waals surface area contributed by atoms with Gasteiger partial charge in [-0.3, -0.25) is 0 Å². The van der Waals surface area contributed by atoms with Gasteiger partial charge in [-0.15, -0.1) is 0 Å². The number of rotatable bonds is 2. The van der Waals surface area contributed by atoms with E-state index >= 15 is 0 Å². The molecule has 2 atom stereocenters. The Morgan fingerprint density at radius 3 is 2.55 bits per heavy atom. The van der Waals surface area contributed by atoms with Crippen LogP contribution < -0.4 is 15.2 Å². The second kappa shape index (κ2) is 5.52. The molecule has 1 heterocycles. The van der Waals surface area contributed by atoms with Crippen molar-refractivity contribution >= 4 is 23.2 Å². The van der Waals surface area contributed by atoms with Crippen LogP contribution in [0.3, 0.4) is 0 Å². The second-order valence-electron chi connectivity index (χ2n) is 4.61. The normalized spacial score (nSPS) is 18.6. The van der Waals surface area contributed by atoms with Gasteiger partial charge in [0.1, 0.15) is 6.61 Å². The molecular weight excluding hydrogens is 297 g/mol. The maximum absolute atomic E-state index is 6.24. The SMILES string of the molecule is NC(c1ccc(Cl)c(Cl)c1)C1COc2ccccc2O1. The van der Waals surface area contributed by atoms with Crippen LogP contribution in [0, 0.1) is 0 Å². The quantitative estimate of drug-likeness (QED) is 0.917. The summed E-state index contributed by atoms with van der Waals surface area (Å²) in [5, 5.41) is 0.991. The molecule has 20 heavy (non-hydrogen) atoms. The monoisotopic (exact) mass is 309 g/mol. The predicted molar refractivity (Wildman–Crippen MR) is 79.7 cm³/mol. The number of benzene rings is 2. The largest absolute Gasteiger partial charge is 0.486 e. The van der Waals surface area contributed by atoms with Crippen molar-refractivity contribution in [1.29, 1.82) is 0 Å².